The fourth-order valence-corrected chi connectivity index (χ4v) is 6.13. The van der Waals surface area contributed by atoms with Gasteiger partial charge in [0.1, 0.15) is 0 Å². The lowest BCUT2D eigenvalue weighted by molar-refractivity contribution is -0.0172. The normalized spacial score (nSPS) is 16.8. The zero-order chi connectivity index (χ0) is 27.3. The van der Waals surface area contributed by atoms with E-state index in [1.54, 1.807) is 21.3 Å². The summed E-state index contributed by atoms with van der Waals surface area (Å²) in [6, 6.07) is 11.9. The van der Waals surface area contributed by atoms with Gasteiger partial charge in [0.2, 0.25) is 17.6 Å². The Bertz CT molecular complexity index is 1210. The van der Waals surface area contributed by atoms with E-state index in [0.717, 1.165) is 45.8 Å². The van der Waals surface area contributed by atoms with E-state index in [2.05, 4.69) is 37.9 Å². The number of methoxy groups -OCH3 is 3. The van der Waals surface area contributed by atoms with Crippen LogP contribution in [0.4, 0.5) is 0 Å². The van der Waals surface area contributed by atoms with Gasteiger partial charge < -0.3 is 24.2 Å². The van der Waals surface area contributed by atoms with Gasteiger partial charge in [-0.1, -0.05) is 48.0 Å². The molecule has 4 rings (SSSR count). The van der Waals surface area contributed by atoms with Crippen LogP contribution in [-0.2, 0) is 5.60 Å². The van der Waals surface area contributed by atoms with Gasteiger partial charge in [-0.3, -0.25) is 0 Å². The van der Waals surface area contributed by atoms with E-state index in [0.29, 0.717) is 36.5 Å². The summed E-state index contributed by atoms with van der Waals surface area (Å²) in [4.78, 5) is 11.4. The Kier molecular flexibility index (Phi) is 9.50. The van der Waals surface area contributed by atoms with Crippen molar-refractivity contribution in [1.29, 1.82) is 0 Å². The molecule has 1 aliphatic carbocycles. The van der Waals surface area contributed by atoms with E-state index < -0.39 is 5.60 Å². The van der Waals surface area contributed by atoms with Gasteiger partial charge in [-0.2, -0.15) is 4.98 Å². The molecule has 2 unspecified atom stereocenters. The standard InChI is InChI=1S/C30H40BrN3O4/c1-34(2)14-13-30(35,22-18-27(36-3)33-28(19-22)37-4)25(15-20-9-7-6-8-10-20)24-17-21-16-23(31)11-12-26(21)32-29(24)38-5/h11-12,16-20,25,35H,6-10,13-15H2,1-5H3. The monoisotopic (exact) mass is 585 g/mol. The molecule has 0 spiro atoms. The maximum Gasteiger partial charge on any atom is 0.217 e. The predicted octanol–water partition coefficient (Wildman–Crippen LogP) is 6.31. The molecular weight excluding hydrogens is 546 g/mol. The van der Waals surface area contributed by atoms with Crippen LogP contribution in [0, 0.1) is 5.92 Å². The lowest BCUT2D eigenvalue weighted by atomic mass is 9.69. The van der Waals surface area contributed by atoms with E-state index in [4.69, 9.17) is 19.2 Å². The van der Waals surface area contributed by atoms with Gasteiger partial charge in [0.25, 0.3) is 0 Å². The van der Waals surface area contributed by atoms with E-state index in [1.165, 1.54) is 19.3 Å². The number of aliphatic hydroxyl groups is 1. The van der Waals surface area contributed by atoms with Gasteiger partial charge in [0.05, 0.1) is 32.4 Å². The molecule has 0 amide bonds. The van der Waals surface area contributed by atoms with Crippen LogP contribution in [0.2, 0.25) is 0 Å². The molecule has 0 radical (unpaired) electrons. The van der Waals surface area contributed by atoms with Crippen LogP contribution in [0.15, 0.2) is 40.9 Å². The second-order valence-corrected chi connectivity index (χ2v) is 11.5. The molecule has 8 heteroatoms. The summed E-state index contributed by atoms with van der Waals surface area (Å²) in [6.07, 6.45) is 7.40. The molecule has 1 saturated carbocycles. The molecule has 0 bridgehead atoms. The summed E-state index contributed by atoms with van der Waals surface area (Å²) in [5, 5.41) is 13.9. The van der Waals surface area contributed by atoms with Gasteiger partial charge in [-0.25, -0.2) is 4.98 Å². The average Bonchev–Trinajstić information content (AvgIpc) is 2.94. The Hall–Kier alpha value is -2.42. The number of hydrogen-bond acceptors (Lipinski definition) is 7. The molecule has 1 N–H and O–H groups in total. The summed E-state index contributed by atoms with van der Waals surface area (Å²) < 4.78 is 17.9. The number of fused-ring (bicyclic) bond motifs is 1. The molecule has 0 saturated heterocycles. The number of hydrogen-bond donors (Lipinski definition) is 1. The maximum atomic E-state index is 12.9. The zero-order valence-corrected chi connectivity index (χ0v) is 24.8. The molecule has 1 fully saturated rings. The van der Waals surface area contributed by atoms with Gasteiger partial charge >= 0.3 is 0 Å². The Morgan fingerprint density at radius 2 is 1.66 bits per heavy atom. The molecule has 206 valence electrons. The molecular formula is C30H40BrN3O4. The first-order valence-corrected chi connectivity index (χ1v) is 14.2. The van der Waals surface area contributed by atoms with Crippen molar-refractivity contribution in [1.82, 2.24) is 14.9 Å². The SMILES string of the molecule is COc1cc(C(O)(CCN(C)C)C(CC2CCCCC2)c2cc3cc(Br)ccc3nc2OC)cc(OC)n1. The maximum absolute atomic E-state index is 12.9. The first kappa shape index (κ1) is 28.6. The lowest BCUT2D eigenvalue weighted by Crippen LogP contribution is -2.38. The van der Waals surface area contributed by atoms with Crippen LogP contribution in [0.25, 0.3) is 10.9 Å². The van der Waals surface area contributed by atoms with Crippen molar-refractivity contribution < 1.29 is 19.3 Å². The Labute approximate surface area is 234 Å². The molecule has 1 aromatic carbocycles. The van der Waals surface area contributed by atoms with Crippen LogP contribution in [0.5, 0.6) is 17.6 Å². The minimum Gasteiger partial charge on any atom is -0.481 e. The van der Waals surface area contributed by atoms with Crippen molar-refractivity contribution in [2.45, 2.75) is 56.5 Å². The highest BCUT2D eigenvalue weighted by molar-refractivity contribution is 9.10. The summed E-state index contributed by atoms with van der Waals surface area (Å²) in [6.45, 7) is 0.694. The van der Waals surface area contributed by atoms with Gasteiger partial charge in [-0.05, 0) is 62.7 Å². The van der Waals surface area contributed by atoms with Crippen LogP contribution < -0.4 is 14.2 Å². The average molecular weight is 587 g/mol. The van der Waals surface area contributed by atoms with Crippen LogP contribution in [0.1, 0.15) is 62.0 Å². The zero-order valence-electron chi connectivity index (χ0n) is 23.2. The number of aromatic nitrogens is 2. The van der Waals surface area contributed by atoms with Crippen molar-refractivity contribution in [3.63, 3.8) is 0 Å². The number of rotatable bonds is 11. The highest BCUT2D eigenvalue weighted by Crippen LogP contribution is 2.49. The van der Waals surface area contributed by atoms with Crippen molar-refractivity contribution in [3.05, 3.63) is 52.0 Å². The fraction of sp³-hybridized carbons (Fsp3) is 0.533. The van der Waals surface area contributed by atoms with Crippen LogP contribution in [0.3, 0.4) is 0 Å². The van der Waals surface area contributed by atoms with Crippen molar-refractivity contribution in [2.24, 2.45) is 5.92 Å². The van der Waals surface area contributed by atoms with Gasteiger partial charge in [0.15, 0.2) is 0 Å². The topological polar surface area (TPSA) is 76.9 Å². The predicted molar refractivity (Wildman–Crippen MR) is 154 cm³/mol. The van der Waals surface area contributed by atoms with E-state index >= 15 is 0 Å². The summed E-state index contributed by atoms with van der Waals surface area (Å²) >= 11 is 3.61. The van der Waals surface area contributed by atoms with E-state index in [9.17, 15) is 5.11 Å². The molecule has 38 heavy (non-hydrogen) atoms. The third-order valence-corrected chi connectivity index (χ3v) is 8.34. The van der Waals surface area contributed by atoms with Crippen molar-refractivity contribution in [3.8, 4) is 17.6 Å². The molecule has 1 aliphatic rings. The molecule has 2 heterocycles. The second kappa shape index (κ2) is 12.6. The highest BCUT2D eigenvalue weighted by atomic mass is 79.9. The number of benzene rings is 1. The summed E-state index contributed by atoms with van der Waals surface area (Å²) in [5.74, 6) is 1.61. The first-order chi connectivity index (χ1) is 18.3. The third-order valence-electron chi connectivity index (χ3n) is 7.85. The Balaban J connectivity index is 1.94. The van der Waals surface area contributed by atoms with Crippen LogP contribution in [-0.4, -0.2) is 61.9 Å². The van der Waals surface area contributed by atoms with Gasteiger partial charge in [0, 0.05) is 40.0 Å². The number of ether oxygens (including phenoxy) is 3. The lowest BCUT2D eigenvalue weighted by Gasteiger charge is -2.40. The number of nitrogens with zero attached hydrogens (tertiary/aromatic N) is 3. The van der Waals surface area contributed by atoms with Crippen molar-refractivity contribution in [2.75, 3.05) is 42.0 Å². The molecule has 0 aliphatic heterocycles. The number of pyridine rings is 2. The highest BCUT2D eigenvalue weighted by Gasteiger charge is 2.43. The second-order valence-electron chi connectivity index (χ2n) is 10.6. The first-order valence-electron chi connectivity index (χ1n) is 13.4. The van der Waals surface area contributed by atoms with E-state index in [1.807, 2.05) is 38.4 Å². The van der Waals surface area contributed by atoms with Gasteiger partial charge in [-0.15, -0.1) is 0 Å². The largest absolute Gasteiger partial charge is 0.481 e. The fourth-order valence-electron chi connectivity index (χ4n) is 5.75. The molecule has 7 nitrogen and oxygen atoms in total. The Morgan fingerprint density at radius 1 is 0.974 bits per heavy atom. The number of halogens is 1. The minimum atomic E-state index is -1.25. The van der Waals surface area contributed by atoms with Crippen LogP contribution >= 0.6 is 15.9 Å². The summed E-state index contributed by atoms with van der Waals surface area (Å²) in [5.41, 5.74) is 1.24. The minimum absolute atomic E-state index is 0.270. The van der Waals surface area contributed by atoms with Crippen molar-refractivity contribution >= 4 is 26.8 Å². The smallest absolute Gasteiger partial charge is 0.217 e. The quantitative estimate of drug-likeness (QED) is 0.282. The molecule has 2 atom stereocenters. The Morgan fingerprint density at radius 3 is 2.26 bits per heavy atom. The molecule has 2 aromatic heterocycles. The van der Waals surface area contributed by atoms with E-state index in [-0.39, 0.29) is 5.92 Å². The molecule has 3 aromatic rings. The summed E-state index contributed by atoms with van der Waals surface area (Å²) in [7, 11) is 8.88. The third kappa shape index (κ3) is 6.41.